The average Bonchev–Trinajstić information content (AvgIpc) is 2.74. The number of alkyl carbamates (subject to hydrolysis) is 1. The van der Waals surface area contributed by atoms with E-state index in [-0.39, 0.29) is 6.61 Å². The van der Waals surface area contributed by atoms with Crippen LogP contribution in [0.2, 0.25) is 0 Å². The number of hydrazone groups is 1. The number of hydrogen-bond donors (Lipinski definition) is 2. The number of nitrogens with zero attached hydrogens (tertiary/aromatic N) is 1. The van der Waals surface area contributed by atoms with E-state index in [1.807, 2.05) is 30.3 Å². The second-order valence-electron chi connectivity index (χ2n) is 6.07. The fraction of sp³-hybridized carbons (Fsp3) is 0.286. The number of carbonyl (C=O) groups is 2. The van der Waals surface area contributed by atoms with Crippen molar-refractivity contribution in [2.24, 2.45) is 5.10 Å². The molecule has 2 amide bonds. The van der Waals surface area contributed by atoms with E-state index < -0.39 is 18.0 Å². The van der Waals surface area contributed by atoms with Crippen LogP contribution in [-0.4, -0.2) is 45.1 Å². The molecular weight excluding hydrogens is 454 g/mol. The molecule has 2 N–H and O–H groups in total. The minimum absolute atomic E-state index is 0.204. The summed E-state index contributed by atoms with van der Waals surface area (Å²) in [6.07, 6.45) is 1.07. The van der Waals surface area contributed by atoms with Gasteiger partial charge in [0.2, 0.25) is 0 Å². The van der Waals surface area contributed by atoms with Crippen molar-refractivity contribution in [1.82, 2.24) is 10.7 Å². The lowest BCUT2D eigenvalue weighted by Gasteiger charge is -2.17. The average molecular weight is 478 g/mol. The van der Waals surface area contributed by atoms with Crippen molar-refractivity contribution in [1.29, 1.82) is 0 Å². The van der Waals surface area contributed by atoms with Crippen LogP contribution in [0.1, 0.15) is 18.1 Å². The molecule has 0 aromatic heterocycles. The van der Waals surface area contributed by atoms with Gasteiger partial charge in [0.25, 0.3) is 5.91 Å². The van der Waals surface area contributed by atoms with Crippen molar-refractivity contribution < 1.29 is 23.8 Å². The first-order valence-electron chi connectivity index (χ1n) is 9.20. The molecule has 1 atom stereocenters. The summed E-state index contributed by atoms with van der Waals surface area (Å²) in [5, 5.41) is 6.57. The number of amides is 2. The van der Waals surface area contributed by atoms with Gasteiger partial charge in [0.05, 0.1) is 31.5 Å². The van der Waals surface area contributed by atoms with Crippen LogP contribution in [-0.2, 0) is 16.0 Å². The lowest BCUT2D eigenvalue weighted by molar-refractivity contribution is -0.123. The molecule has 9 heteroatoms. The minimum Gasteiger partial charge on any atom is -0.496 e. The van der Waals surface area contributed by atoms with Crippen LogP contribution >= 0.6 is 15.9 Å². The molecule has 2 aromatic carbocycles. The van der Waals surface area contributed by atoms with Gasteiger partial charge in [-0.15, -0.1) is 0 Å². The van der Waals surface area contributed by atoms with E-state index >= 15 is 0 Å². The number of halogens is 1. The molecule has 0 radical (unpaired) electrons. The highest BCUT2D eigenvalue weighted by Crippen LogP contribution is 2.31. The molecule has 0 bridgehead atoms. The third-order valence-electron chi connectivity index (χ3n) is 4.05. The summed E-state index contributed by atoms with van der Waals surface area (Å²) in [6.45, 7) is 1.90. The maximum absolute atomic E-state index is 12.6. The highest BCUT2D eigenvalue weighted by Gasteiger charge is 2.21. The molecule has 0 saturated heterocycles. The SMILES string of the molecule is CCOC(=O)N[C@H](Cc1ccccc1)C(=O)N/N=C\c1cc(Br)c(OC)cc1OC. The number of rotatable bonds is 9. The van der Waals surface area contributed by atoms with Crippen LogP contribution in [0.25, 0.3) is 0 Å². The zero-order valence-electron chi connectivity index (χ0n) is 17.0. The molecule has 0 aliphatic heterocycles. The zero-order chi connectivity index (χ0) is 21.9. The van der Waals surface area contributed by atoms with Crippen molar-refractivity contribution in [2.75, 3.05) is 20.8 Å². The van der Waals surface area contributed by atoms with E-state index in [0.29, 0.717) is 28.0 Å². The van der Waals surface area contributed by atoms with Crippen molar-refractivity contribution >= 4 is 34.1 Å². The maximum atomic E-state index is 12.6. The monoisotopic (exact) mass is 477 g/mol. The largest absolute Gasteiger partial charge is 0.496 e. The van der Waals surface area contributed by atoms with Gasteiger partial charge in [-0.05, 0) is 34.5 Å². The predicted molar refractivity (Wildman–Crippen MR) is 117 cm³/mol. The Labute approximate surface area is 183 Å². The molecule has 0 aliphatic carbocycles. The number of nitrogens with one attached hydrogen (secondary N) is 2. The second kappa shape index (κ2) is 11.8. The summed E-state index contributed by atoms with van der Waals surface area (Å²) < 4.78 is 16.2. The van der Waals surface area contributed by atoms with Gasteiger partial charge in [-0.3, -0.25) is 4.79 Å². The Morgan fingerprint density at radius 2 is 1.83 bits per heavy atom. The number of hydrogen-bond acceptors (Lipinski definition) is 6. The number of ether oxygens (including phenoxy) is 3. The zero-order valence-corrected chi connectivity index (χ0v) is 18.6. The first-order valence-corrected chi connectivity index (χ1v) is 9.99. The quantitative estimate of drug-likeness (QED) is 0.426. The van der Waals surface area contributed by atoms with Crippen LogP contribution in [0, 0.1) is 0 Å². The third-order valence-corrected chi connectivity index (χ3v) is 4.67. The van der Waals surface area contributed by atoms with Crippen LogP contribution in [0.15, 0.2) is 52.0 Å². The van der Waals surface area contributed by atoms with Crippen molar-refractivity contribution in [2.45, 2.75) is 19.4 Å². The van der Waals surface area contributed by atoms with Gasteiger partial charge >= 0.3 is 6.09 Å². The summed E-state index contributed by atoms with van der Waals surface area (Å²) in [7, 11) is 3.08. The Hall–Kier alpha value is -3.07. The topological polar surface area (TPSA) is 98.2 Å². The Balaban J connectivity index is 2.12. The highest BCUT2D eigenvalue weighted by molar-refractivity contribution is 9.10. The molecule has 0 spiro atoms. The van der Waals surface area contributed by atoms with Gasteiger partial charge in [0.1, 0.15) is 17.5 Å². The van der Waals surface area contributed by atoms with Gasteiger partial charge in [-0.2, -0.15) is 5.10 Å². The Kier molecular flexibility index (Phi) is 9.14. The molecule has 30 heavy (non-hydrogen) atoms. The predicted octanol–water partition coefficient (Wildman–Crippen LogP) is 3.27. The van der Waals surface area contributed by atoms with E-state index in [4.69, 9.17) is 14.2 Å². The van der Waals surface area contributed by atoms with Crippen molar-refractivity contribution in [3.05, 3.63) is 58.1 Å². The van der Waals surface area contributed by atoms with Crippen LogP contribution < -0.4 is 20.2 Å². The molecule has 8 nitrogen and oxygen atoms in total. The number of methoxy groups -OCH3 is 2. The fourth-order valence-corrected chi connectivity index (χ4v) is 3.12. The van der Waals surface area contributed by atoms with Gasteiger partial charge in [-0.1, -0.05) is 30.3 Å². The summed E-state index contributed by atoms with van der Waals surface area (Å²) >= 11 is 3.40. The standard InChI is InChI=1S/C21H24BrN3O5/c1-4-30-21(27)24-17(10-14-8-6-5-7-9-14)20(26)25-23-13-15-11-16(22)19(29-3)12-18(15)28-2/h5-9,11-13,17H,4,10H2,1-3H3,(H,24,27)(H,25,26)/b23-13-/t17-/m1/s1. The molecule has 0 fully saturated rings. The van der Waals surface area contributed by atoms with Gasteiger partial charge < -0.3 is 19.5 Å². The van der Waals surface area contributed by atoms with Crippen molar-refractivity contribution in [3.63, 3.8) is 0 Å². The van der Waals surface area contributed by atoms with Crippen LogP contribution in [0.5, 0.6) is 11.5 Å². The van der Waals surface area contributed by atoms with Gasteiger partial charge in [0.15, 0.2) is 0 Å². The minimum atomic E-state index is -0.854. The Bertz CT molecular complexity index is 890. The molecule has 160 valence electrons. The highest BCUT2D eigenvalue weighted by atomic mass is 79.9. The van der Waals surface area contributed by atoms with Gasteiger partial charge in [-0.25, -0.2) is 10.2 Å². The fourth-order valence-electron chi connectivity index (χ4n) is 2.60. The van der Waals surface area contributed by atoms with Crippen molar-refractivity contribution in [3.8, 4) is 11.5 Å². The lowest BCUT2D eigenvalue weighted by Crippen LogP contribution is -2.47. The summed E-state index contributed by atoms with van der Waals surface area (Å²) in [4.78, 5) is 24.5. The van der Waals surface area contributed by atoms with Crippen LogP contribution in [0.3, 0.4) is 0 Å². The molecule has 0 unspecified atom stereocenters. The Morgan fingerprint density at radius 3 is 2.47 bits per heavy atom. The first-order chi connectivity index (χ1) is 14.5. The number of benzene rings is 2. The molecule has 2 aromatic rings. The maximum Gasteiger partial charge on any atom is 0.407 e. The molecule has 2 rings (SSSR count). The third kappa shape index (κ3) is 6.77. The first kappa shape index (κ1) is 23.2. The number of carbonyl (C=O) groups excluding carboxylic acids is 2. The summed E-state index contributed by atoms with van der Waals surface area (Å²) in [6, 6.07) is 11.9. The van der Waals surface area contributed by atoms with E-state index in [1.165, 1.54) is 13.3 Å². The molecule has 0 heterocycles. The van der Waals surface area contributed by atoms with E-state index in [1.54, 1.807) is 26.2 Å². The Morgan fingerprint density at radius 1 is 1.13 bits per heavy atom. The molecule has 0 saturated carbocycles. The molecular formula is C21H24BrN3O5. The van der Waals surface area contributed by atoms with Crippen LogP contribution in [0.4, 0.5) is 4.79 Å². The smallest absolute Gasteiger partial charge is 0.407 e. The summed E-state index contributed by atoms with van der Waals surface area (Å²) in [5.41, 5.74) is 3.97. The normalized spacial score (nSPS) is 11.6. The lowest BCUT2D eigenvalue weighted by atomic mass is 10.1. The van der Waals surface area contributed by atoms with E-state index in [0.717, 1.165) is 5.56 Å². The summed E-state index contributed by atoms with van der Waals surface area (Å²) in [5.74, 6) is 0.655. The van der Waals surface area contributed by atoms with Gasteiger partial charge in [0, 0.05) is 18.1 Å². The van der Waals surface area contributed by atoms with E-state index in [9.17, 15) is 9.59 Å². The molecule has 0 aliphatic rings. The van der Waals surface area contributed by atoms with E-state index in [2.05, 4.69) is 31.8 Å². The second-order valence-corrected chi connectivity index (χ2v) is 6.92.